The quantitative estimate of drug-likeness (QED) is 0.319. The van der Waals surface area contributed by atoms with E-state index >= 15 is 0 Å². The number of carbonyl (C=O) groups excluding carboxylic acids is 1. The van der Waals surface area contributed by atoms with Gasteiger partial charge >= 0.3 is 0 Å². The van der Waals surface area contributed by atoms with E-state index in [0.29, 0.717) is 22.9 Å². The van der Waals surface area contributed by atoms with Crippen LogP contribution in [0.3, 0.4) is 0 Å². The number of rotatable bonds is 5. The maximum absolute atomic E-state index is 12.3. The molecular formula is C20H17N5O2S. The van der Waals surface area contributed by atoms with Gasteiger partial charge in [0.2, 0.25) is 5.91 Å². The summed E-state index contributed by atoms with van der Waals surface area (Å²) in [6.45, 7) is 2.08. The number of nitrogens with zero attached hydrogens (tertiary/aromatic N) is 4. The maximum Gasteiger partial charge on any atom is 0.294 e. The first-order valence-electron chi connectivity index (χ1n) is 8.71. The molecule has 2 heterocycles. The Bertz CT molecular complexity index is 1220. The van der Waals surface area contributed by atoms with Gasteiger partial charge < -0.3 is 5.32 Å². The number of aryl methyl sites for hydroxylation is 1. The number of carbonyl (C=O) groups is 1. The molecule has 0 aliphatic carbocycles. The smallest absolute Gasteiger partial charge is 0.294 e. The number of nitrogens with one attached hydrogen (secondary N) is 1. The van der Waals surface area contributed by atoms with Crippen LogP contribution in [-0.4, -0.2) is 31.2 Å². The molecule has 140 valence electrons. The number of hydrogen-bond acceptors (Lipinski definition) is 6. The first-order chi connectivity index (χ1) is 13.6. The standard InChI is InChI=1S/C20H17N5O2S/c1-13-19(27)23-18-15-9-5-6-10-16(15)22-20(25(18)24-13)28-12-17(26)21-11-14-7-3-2-4-8-14/h2-10H,11-12H2,1H3,(H,21,26). The highest BCUT2D eigenvalue weighted by atomic mass is 32.2. The van der Waals surface area contributed by atoms with E-state index in [2.05, 4.69) is 20.4 Å². The van der Waals surface area contributed by atoms with Crippen LogP contribution in [0.4, 0.5) is 0 Å². The highest BCUT2D eigenvalue weighted by Crippen LogP contribution is 2.22. The topological polar surface area (TPSA) is 89.2 Å². The number of hydrogen-bond donors (Lipinski definition) is 1. The second kappa shape index (κ2) is 7.77. The van der Waals surface area contributed by atoms with Gasteiger partial charge in [-0.15, -0.1) is 0 Å². The lowest BCUT2D eigenvalue weighted by molar-refractivity contribution is -0.118. The summed E-state index contributed by atoms with van der Waals surface area (Å²) >= 11 is 1.26. The third-order valence-electron chi connectivity index (χ3n) is 4.17. The van der Waals surface area contributed by atoms with Crippen LogP contribution in [0.1, 0.15) is 11.3 Å². The SMILES string of the molecule is Cc1nn2c(SCC(=O)NCc3ccccc3)nc3ccccc3c2nc1=O. The first-order valence-corrected chi connectivity index (χ1v) is 9.70. The van der Waals surface area contributed by atoms with Crippen molar-refractivity contribution >= 4 is 34.2 Å². The summed E-state index contributed by atoms with van der Waals surface area (Å²) < 4.78 is 1.54. The van der Waals surface area contributed by atoms with E-state index in [1.165, 1.54) is 16.3 Å². The van der Waals surface area contributed by atoms with Crippen molar-refractivity contribution in [2.24, 2.45) is 0 Å². The van der Waals surface area contributed by atoms with Gasteiger partial charge in [-0.1, -0.05) is 54.2 Å². The minimum Gasteiger partial charge on any atom is -0.351 e. The van der Waals surface area contributed by atoms with Gasteiger partial charge in [0.1, 0.15) is 5.69 Å². The highest BCUT2D eigenvalue weighted by Gasteiger charge is 2.13. The predicted molar refractivity (Wildman–Crippen MR) is 108 cm³/mol. The van der Waals surface area contributed by atoms with Gasteiger partial charge in [0.15, 0.2) is 10.8 Å². The Morgan fingerprint density at radius 1 is 1.07 bits per heavy atom. The van der Waals surface area contributed by atoms with Crippen molar-refractivity contribution in [1.29, 1.82) is 0 Å². The highest BCUT2D eigenvalue weighted by molar-refractivity contribution is 7.99. The number of amides is 1. The van der Waals surface area contributed by atoms with E-state index in [9.17, 15) is 9.59 Å². The van der Waals surface area contributed by atoms with Crippen LogP contribution >= 0.6 is 11.8 Å². The molecular weight excluding hydrogens is 374 g/mol. The average Bonchev–Trinajstić information content (AvgIpc) is 2.72. The van der Waals surface area contributed by atoms with Gasteiger partial charge in [-0.3, -0.25) is 9.59 Å². The third-order valence-corrected chi connectivity index (χ3v) is 5.10. The van der Waals surface area contributed by atoms with Crippen molar-refractivity contribution in [2.75, 3.05) is 5.75 Å². The van der Waals surface area contributed by atoms with Gasteiger partial charge in [0.05, 0.1) is 11.3 Å². The molecule has 0 saturated carbocycles. The number of para-hydroxylation sites is 1. The fourth-order valence-corrected chi connectivity index (χ4v) is 3.53. The van der Waals surface area contributed by atoms with Crippen molar-refractivity contribution < 1.29 is 4.79 Å². The Hall–Kier alpha value is -3.26. The number of fused-ring (bicyclic) bond motifs is 3. The van der Waals surface area contributed by atoms with E-state index < -0.39 is 0 Å². The van der Waals surface area contributed by atoms with Crippen LogP contribution in [0.25, 0.3) is 16.6 Å². The van der Waals surface area contributed by atoms with E-state index in [0.717, 1.165) is 10.9 Å². The van der Waals surface area contributed by atoms with E-state index in [-0.39, 0.29) is 22.9 Å². The summed E-state index contributed by atoms with van der Waals surface area (Å²) in [4.78, 5) is 33.0. The largest absolute Gasteiger partial charge is 0.351 e. The predicted octanol–water partition coefficient (Wildman–Crippen LogP) is 2.35. The summed E-state index contributed by atoms with van der Waals surface area (Å²) in [6.07, 6.45) is 0. The zero-order valence-electron chi connectivity index (χ0n) is 15.1. The second-order valence-electron chi connectivity index (χ2n) is 6.20. The van der Waals surface area contributed by atoms with Gasteiger partial charge in [-0.25, -0.2) is 4.98 Å². The van der Waals surface area contributed by atoms with Crippen LogP contribution in [0, 0.1) is 6.92 Å². The number of thioether (sulfide) groups is 1. The molecule has 0 aliphatic heterocycles. The maximum atomic E-state index is 12.3. The van der Waals surface area contributed by atoms with Gasteiger partial charge in [-0.05, 0) is 24.6 Å². The van der Waals surface area contributed by atoms with E-state index in [1.54, 1.807) is 6.92 Å². The Morgan fingerprint density at radius 3 is 2.64 bits per heavy atom. The molecule has 2 aromatic carbocycles. The Morgan fingerprint density at radius 2 is 1.82 bits per heavy atom. The Balaban J connectivity index is 1.59. The first kappa shape index (κ1) is 18.1. The van der Waals surface area contributed by atoms with Crippen molar-refractivity contribution in [3.63, 3.8) is 0 Å². The van der Waals surface area contributed by atoms with E-state index in [4.69, 9.17) is 0 Å². The lowest BCUT2D eigenvalue weighted by Gasteiger charge is -2.10. The van der Waals surface area contributed by atoms with Crippen LogP contribution in [0.5, 0.6) is 0 Å². The van der Waals surface area contributed by atoms with Crippen LogP contribution in [0.15, 0.2) is 64.5 Å². The lowest BCUT2D eigenvalue weighted by Crippen LogP contribution is -2.25. The molecule has 4 aromatic rings. The number of benzene rings is 2. The molecule has 0 spiro atoms. The van der Waals surface area contributed by atoms with E-state index in [1.807, 2.05) is 54.6 Å². The second-order valence-corrected chi connectivity index (χ2v) is 7.14. The fourth-order valence-electron chi connectivity index (χ4n) is 2.75. The van der Waals surface area contributed by atoms with Crippen LogP contribution < -0.4 is 10.9 Å². The molecule has 0 unspecified atom stereocenters. The molecule has 0 atom stereocenters. The molecule has 0 aliphatic rings. The summed E-state index contributed by atoms with van der Waals surface area (Å²) in [7, 11) is 0. The Kier molecular flexibility index (Phi) is 5.03. The Labute approximate surface area is 164 Å². The summed E-state index contributed by atoms with van der Waals surface area (Å²) in [5.74, 6) is 0.0721. The molecule has 0 radical (unpaired) electrons. The van der Waals surface area contributed by atoms with Crippen molar-refractivity contribution in [1.82, 2.24) is 24.9 Å². The molecule has 8 heteroatoms. The summed E-state index contributed by atoms with van der Waals surface area (Å²) in [5, 5.41) is 8.47. The van der Waals surface area contributed by atoms with Crippen molar-refractivity contribution in [3.8, 4) is 0 Å². The molecule has 7 nitrogen and oxygen atoms in total. The minimum absolute atomic E-state index is 0.109. The molecule has 1 N–H and O–H groups in total. The third kappa shape index (κ3) is 3.72. The monoisotopic (exact) mass is 391 g/mol. The van der Waals surface area contributed by atoms with Gasteiger partial charge in [-0.2, -0.15) is 14.6 Å². The van der Waals surface area contributed by atoms with Crippen LogP contribution in [0.2, 0.25) is 0 Å². The molecule has 0 fully saturated rings. The number of aromatic nitrogens is 4. The van der Waals surface area contributed by atoms with Gasteiger partial charge in [0, 0.05) is 11.9 Å². The fraction of sp³-hybridized carbons (Fsp3) is 0.150. The van der Waals surface area contributed by atoms with Crippen molar-refractivity contribution in [3.05, 3.63) is 76.2 Å². The average molecular weight is 391 g/mol. The minimum atomic E-state index is -0.368. The molecule has 4 rings (SSSR count). The molecule has 28 heavy (non-hydrogen) atoms. The summed E-state index contributed by atoms with van der Waals surface area (Å²) in [6, 6.07) is 17.1. The lowest BCUT2D eigenvalue weighted by atomic mass is 10.2. The van der Waals surface area contributed by atoms with Crippen LogP contribution in [-0.2, 0) is 11.3 Å². The van der Waals surface area contributed by atoms with Crippen molar-refractivity contribution in [2.45, 2.75) is 18.6 Å². The molecule has 2 aromatic heterocycles. The zero-order chi connectivity index (χ0) is 19.5. The normalized spacial score (nSPS) is 11.0. The molecule has 0 bridgehead atoms. The zero-order valence-corrected chi connectivity index (χ0v) is 15.9. The molecule has 0 saturated heterocycles. The summed E-state index contributed by atoms with van der Waals surface area (Å²) in [5.41, 5.74) is 2.09. The van der Waals surface area contributed by atoms with Gasteiger partial charge in [0.25, 0.3) is 5.56 Å². The molecule has 1 amide bonds.